The second-order valence-electron chi connectivity index (χ2n) is 21.7. The number of carbonyl (C=O) groups is 8. The highest BCUT2D eigenvalue weighted by Gasteiger charge is 2.50. The van der Waals surface area contributed by atoms with Crippen molar-refractivity contribution in [3.8, 4) is 22.6 Å². The molecule has 456 valence electrons. The zero-order valence-electron chi connectivity index (χ0n) is 45.6. The molecule has 4 fully saturated rings. The Labute approximate surface area is 481 Å². The van der Waals surface area contributed by atoms with Crippen LogP contribution in [0.4, 0.5) is 4.79 Å². The first-order valence-corrected chi connectivity index (χ1v) is 28.5. The summed E-state index contributed by atoms with van der Waals surface area (Å²) in [7, 11) is -5.49. The third kappa shape index (κ3) is 14.2. The third-order valence-corrected chi connectivity index (χ3v) is 16.1. The van der Waals surface area contributed by atoms with E-state index in [1.54, 1.807) is 0 Å². The van der Waals surface area contributed by atoms with Crippen molar-refractivity contribution in [3.05, 3.63) is 83.4 Å². The molecule has 13 atom stereocenters. The first-order valence-electron chi connectivity index (χ1n) is 27.2. The minimum absolute atomic E-state index is 0.0211. The van der Waals surface area contributed by atoms with Crippen molar-refractivity contribution in [3.63, 3.8) is 0 Å². The van der Waals surface area contributed by atoms with Gasteiger partial charge in [0.1, 0.15) is 36.8 Å². The summed E-state index contributed by atoms with van der Waals surface area (Å²) in [5.74, 6) is -11.0. The van der Waals surface area contributed by atoms with Gasteiger partial charge in [0.05, 0.1) is 49.1 Å². The van der Waals surface area contributed by atoms with E-state index in [1.807, 2.05) is 48.5 Å². The number of phenols is 1. The maximum Gasteiger partial charge on any atom is 0.409 e. The number of aromatic hydroxyl groups is 1. The number of hydrogen-bond acceptors (Lipinski definition) is 21. The van der Waals surface area contributed by atoms with Gasteiger partial charge in [-0.15, -0.1) is 0 Å². The number of benzene rings is 3. The van der Waals surface area contributed by atoms with Crippen LogP contribution in [-0.4, -0.2) is 241 Å². The Morgan fingerprint density at radius 1 is 0.738 bits per heavy atom. The van der Waals surface area contributed by atoms with Crippen molar-refractivity contribution in [2.24, 2.45) is 11.7 Å². The monoisotopic (exact) mass is 1190 g/mol. The third-order valence-electron chi connectivity index (χ3n) is 15.7. The van der Waals surface area contributed by atoms with Crippen LogP contribution in [0.25, 0.3) is 11.1 Å². The van der Waals surface area contributed by atoms with E-state index in [0.29, 0.717) is 0 Å². The topological polar surface area (TPSA) is 441 Å². The molecule has 0 aromatic heterocycles. The molecule has 2 unspecified atom stereocenters. The zero-order valence-corrected chi connectivity index (χ0v) is 46.4. The molecule has 3 aromatic carbocycles. The van der Waals surface area contributed by atoms with Crippen LogP contribution in [0.15, 0.2) is 66.7 Å². The summed E-state index contributed by atoms with van der Waals surface area (Å²) in [6.07, 6.45) is -14.2. The zero-order chi connectivity index (χ0) is 61.1. The van der Waals surface area contributed by atoms with Gasteiger partial charge in [-0.1, -0.05) is 61.5 Å². The van der Waals surface area contributed by atoms with Crippen LogP contribution in [0.5, 0.6) is 11.5 Å². The lowest BCUT2D eigenvalue weighted by atomic mass is 9.98. The maximum absolute atomic E-state index is 15.0. The van der Waals surface area contributed by atoms with Gasteiger partial charge in [0.15, 0.2) is 11.5 Å². The van der Waals surface area contributed by atoms with Crippen LogP contribution >= 0.6 is 0 Å². The molecule has 3 aromatic rings. The predicted octanol–water partition coefficient (Wildman–Crippen LogP) is -4.81. The number of aliphatic hydroxyl groups excluding tert-OH is 6. The van der Waals surface area contributed by atoms with E-state index in [9.17, 15) is 82.3 Å². The number of carbonyl (C=O) groups excluding carboxylic acids is 8. The van der Waals surface area contributed by atoms with Crippen molar-refractivity contribution < 1.29 is 96.0 Å². The molecule has 29 nitrogen and oxygen atoms in total. The number of phenolic OH excluding ortho intramolecular Hbond substituents is 1. The number of nitrogens with two attached hydrogens (primary N) is 1. The molecular formula is C54H68N9O20S-. The standard InChI is InChI=1S/C54H69N9O20S/c1-26-23-63-46(47(26)71)51(75)56-22-29(65)19-36(55)48(72)57-43(27(2)64)52(76)62-24-30(66)20-37(62)49(73)58-44(39(68)17-28-11-12-38(67)41(18-28)83-84(79,80)81)50(74)59-45(53(63)77)40(69)21-42(70)60-13-15-61(16-14-60)54(78)82-25-35-33-9-5-3-7-31(33)32-8-4-6-10-34(32)35/h3-12,18,26-27,29-30,35-37,39-40,43-47,64-69,71H,13-17,19-25,55H2,1-2H3,(H,56,75)(H,57,72)(H,58,73)(H,59,74)(H,79,80,81)/p-1/t26-,27+,29+,30+,36?,37-,39+,40+,43?,44-,45-,46-,47-/m0/s1. The van der Waals surface area contributed by atoms with Crippen molar-refractivity contribution in [2.75, 3.05) is 52.4 Å². The molecule has 5 aliphatic rings. The number of β-amino-alcohol motifs (C(OH)–C–C–N with tert-alkyl or cyclic N) is 1. The molecule has 84 heavy (non-hydrogen) atoms. The number of nitrogens with one attached hydrogen (secondary N) is 4. The Kier molecular flexibility index (Phi) is 19.5. The lowest BCUT2D eigenvalue weighted by Crippen LogP contribution is -2.64. The van der Waals surface area contributed by atoms with Crippen molar-refractivity contribution >= 4 is 57.8 Å². The Balaban J connectivity index is 1.07. The molecular weight excluding hydrogens is 1130 g/mol. The summed E-state index contributed by atoms with van der Waals surface area (Å²) in [5.41, 5.74) is 9.99. The highest BCUT2D eigenvalue weighted by atomic mass is 32.3. The van der Waals surface area contributed by atoms with E-state index in [1.165, 1.54) is 16.7 Å². The van der Waals surface area contributed by atoms with Crippen molar-refractivity contribution in [2.45, 2.75) is 118 Å². The fourth-order valence-electron chi connectivity index (χ4n) is 11.3. The number of aliphatic hydroxyl groups is 6. The number of hydrogen-bond donors (Lipinski definition) is 12. The normalized spacial score (nSPS) is 27.8. The van der Waals surface area contributed by atoms with Gasteiger partial charge >= 0.3 is 6.09 Å². The summed E-state index contributed by atoms with van der Waals surface area (Å²) in [6, 6.07) is 6.80. The van der Waals surface area contributed by atoms with Gasteiger partial charge in [-0.3, -0.25) is 33.6 Å². The van der Waals surface area contributed by atoms with Gasteiger partial charge in [-0.2, -0.15) is 0 Å². The molecule has 30 heteroatoms. The molecule has 0 bridgehead atoms. The fourth-order valence-corrected chi connectivity index (χ4v) is 11.6. The number of nitrogens with zero attached hydrogens (tertiary/aromatic N) is 4. The van der Waals surface area contributed by atoms with E-state index in [2.05, 4.69) is 25.5 Å². The summed E-state index contributed by atoms with van der Waals surface area (Å²) < 4.78 is 44.6. The first kappa shape index (κ1) is 62.5. The van der Waals surface area contributed by atoms with E-state index >= 15 is 4.79 Å². The van der Waals surface area contributed by atoms with Gasteiger partial charge < -0.3 is 95.8 Å². The lowest BCUT2D eigenvalue weighted by Gasteiger charge is -2.36. The molecule has 0 saturated carbocycles. The average Bonchev–Trinajstić information content (AvgIpc) is 2.85. The Hall–Kier alpha value is -7.55. The lowest BCUT2D eigenvalue weighted by molar-refractivity contribution is -0.148. The smallest absolute Gasteiger partial charge is 0.409 e. The highest BCUT2D eigenvalue weighted by Crippen LogP contribution is 2.44. The van der Waals surface area contributed by atoms with Crippen molar-refractivity contribution in [1.82, 2.24) is 40.9 Å². The number of rotatable bonds is 11. The van der Waals surface area contributed by atoms with Crippen LogP contribution in [0.3, 0.4) is 0 Å². The number of ether oxygens (including phenoxy) is 1. The van der Waals surface area contributed by atoms with Crippen LogP contribution in [0, 0.1) is 5.92 Å². The summed E-state index contributed by atoms with van der Waals surface area (Å²) in [6.45, 7) is 0.765. The van der Waals surface area contributed by atoms with Gasteiger partial charge in [0, 0.05) is 70.5 Å². The Morgan fingerprint density at radius 2 is 1.33 bits per heavy atom. The first-order chi connectivity index (χ1) is 39.7. The number of amides is 8. The second-order valence-corrected chi connectivity index (χ2v) is 22.7. The van der Waals surface area contributed by atoms with E-state index in [-0.39, 0.29) is 44.3 Å². The van der Waals surface area contributed by atoms with Crippen LogP contribution < -0.4 is 31.2 Å². The van der Waals surface area contributed by atoms with Crippen molar-refractivity contribution in [1.29, 1.82) is 0 Å². The minimum atomic E-state index is -5.49. The van der Waals surface area contributed by atoms with Crippen LogP contribution in [-0.2, 0) is 55.1 Å². The number of piperazine rings is 1. The molecule has 0 radical (unpaired) electrons. The van der Waals surface area contributed by atoms with Gasteiger partial charge in [-0.25, -0.2) is 13.2 Å². The summed E-state index contributed by atoms with van der Waals surface area (Å²) in [5, 5.41) is 87.4. The van der Waals surface area contributed by atoms with E-state index in [0.717, 1.165) is 57.2 Å². The van der Waals surface area contributed by atoms with E-state index in [4.69, 9.17) is 10.5 Å². The molecule has 4 aliphatic heterocycles. The van der Waals surface area contributed by atoms with Crippen LogP contribution in [0.1, 0.15) is 55.7 Å². The fraction of sp³-hybridized carbons (Fsp3) is 0.519. The van der Waals surface area contributed by atoms with Gasteiger partial charge in [-0.05, 0) is 53.3 Å². The minimum Gasteiger partial charge on any atom is -0.716 e. The quantitative estimate of drug-likeness (QED) is 0.0633. The summed E-state index contributed by atoms with van der Waals surface area (Å²) >= 11 is 0. The Morgan fingerprint density at radius 3 is 1.96 bits per heavy atom. The molecule has 13 N–H and O–H groups in total. The average molecular weight is 1200 g/mol. The predicted molar refractivity (Wildman–Crippen MR) is 288 cm³/mol. The van der Waals surface area contributed by atoms with Crippen LogP contribution in [0.2, 0.25) is 0 Å². The van der Waals surface area contributed by atoms with Gasteiger partial charge in [0.25, 0.3) is 10.4 Å². The number of fused-ring (bicyclic) bond motifs is 5. The molecule has 4 heterocycles. The molecule has 8 rings (SSSR count). The SMILES string of the molecule is C[C@@H](O)C1NC(=O)C(N)C[C@@H](O)CNC(=O)[C@@H]2[C@@H](O)[C@@H](C)CN2C(=O)[C@H]([C@H](O)CC(=O)N2CCN(C(=O)OCC3c4ccccc4-c4ccccc43)CC2)NC(=O)[C@H]([C@H](O)Cc2ccc(O)c(OS(=O)(=O)[O-])c2)NC(=O)[C@@H]2C[C@@H](O)CN2C1=O. The van der Waals surface area contributed by atoms with E-state index < -0.39 is 193 Å². The molecule has 8 amide bonds. The molecule has 1 aliphatic carbocycles. The highest BCUT2D eigenvalue weighted by molar-refractivity contribution is 7.81. The Bertz CT molecular complexity index is 3060. The largest absolute Gasteiger partial charge is 0.716 e. The molecule has 4 saturated heterocycles. The van der Waals surface area contributed by atoms with Gasteiger partial charge in [0.2, 0.25) is 41.4 Å². The summed E-state index contributed by atoms with van der Waals surface area (Å²) in [4.78, 5) is 118. The maximum atomic E-state index is 15.0. The second kappa shape index (κ2) is 26.2. The molecule has 0 spiro atoms.